The van der Waals surface area contributed by atoms with Gasteiger partial charge in [-0.15, -0.1) is 0 Å². The van der Waals surface area contributed by atoms with Crippen molar-refractivity contribution in [3.63, 3.8) is 0 Å². The maximum absolute atomic E-state index is 8.67. The summed E-state index contributed by atoms with van der Waals surface area (Å²) < 4.78 is 0. The van der Waals surface area contributed by atoms with Crippen molar-refractivity contribution in [3.8, 4) is 17.9 Å². The molecular weight excluding hydrogens is 102 g/mol. The second kappa shape index (κ2) is 2.16. The minimum Gasteiger partial charge on any atom is -0.365 e. The van der Waals surface area contributed by atoms with Gasteiger partial charge in [-0.2, -0.15) is 0 Å². The smallest absolute Gasteiger partial charge is 0.327 e. The number of aliphatic hydroxyl groups excluding tert-OH is 1. The quantitative estimate of drug-likeness (QED) is 0.346. The van der Waals surface area contributed by atoms with Crippen molar-refractivity contribution in [1.82, 2.24) is 0 Å². The third kappa shape index (κ3) is 1.11. The first-order valence-electron chi connectivity index (χ1n) is 2.19. The number of allylic oxidation sites excluding steroid dienone is 1. The van der Waals surface area contributed by atoms with E-state index in [9.17, 15) is 0 Å². The first-order chi connectivity index (χ1) is 3.89. The number of hydrogen-bond acceptors (Lipinski definition) is 1. The monoisotopic (exact) mass is 106 g/mol. The molecule has 0 saturated heterocycles. The lowest BCUT2D eigenvalue weighted by atomic mass is 10.4. The van der Waals surface area contributed by atoms with Crippen LogP contribution < -0.4 is 0 Å². The number of aliphatic hydroxyl groups is 1. The predicted octanol–water partition coefficient (Wildman–Crippen LogP) is 0.211. The van der Waals surface area contributed by atoms with Crippen molar-refractivity contribution in [1.29, 1.82) is 0 Å². The summed E-state index contributed by atoms with van der Waals surface area (Å²) in [5.41, 5.74) is 0. The van der Waals surface area contributed by atoms with E-state index in [-0.39, 0.29) is 0 Å². The lowest BCUT2D eigenvalue weighted by Crippen LogP contribution is -1.95. The van der Waals surface area contributed by atoms with Crippen molar-refractivity contribution in [2.24, 2.45) is 0 Å². The van der Waals surface area contributed by atoms with Crippen LogP contribution in [-0.4, -0.2) is 11.2 Å². The minimum absolute atomic E-state index is 0.815. The molecule has 1 N–H and O–H groups in total. The molecule has 1 unspecified atom stereocenters. The van der Waals surface area contributed by atoms with E-state index in [0.717, 1.165) is 0 Å². The van der Waals surface area contributed by atoms with E-state index in [0.29, 0.717) is 0 Å². The molecule has 1 heterocycles. The molecule has 0 spiro atoms. The fourth-order valence-corrected chi connectivity index (χ4v) is 0.347. The molecule has 0 bridgehead atoms. The summed E-state index contributed by atoms with van der Waals surface area (Å²) in [5.74, 6) is 5.02. The van der Waals surface area contributed by atoms with E-state index in [1.165, 1.54) is 6.20 Å². The Hall–Kier alpha value is -1.25. The van der Waals surface area contributed by atoms with Crippen LogP contribution in [0.5, 0.6) is 0 Å². The summed E-state index contributed by atoms with van der Waals surface area (Å²) >= 11 is 0. The molecule has 0 aromatic heterocycles. The average molecular weight is 106 g/mol. The van der Waals surface area contributed by atoms with E-state index in [1.807, 2.05) is 0 Å². The van der Waals surface area contributed by atoms with E-state index < -0.39 is 6.10 Å². The van der Waals surface area contributed by atoms with Gasteiger partial charge in [0.2, 0.25) is 6.10 Å². The van der Waals surface area contributed by atoms with E-state index >= 15 is 0 Å². The molecule has 0 aromatic carbocycles. The number of rotatable bonds is 0. The summed E-state index contributed by atoms with van der Waals surface area (Å²) in [6, 6.07) is 2.36. The number of hydrogen-bond donors (Lipinski definition) is 1. The lowest BCUT2D eigenvalue weighted by Gasteiger charge is -1.73. The van der Waals surface area contributed by atoms with Crippen molar-refractivity contribution in [3.05, 3.63) is 17.1 Å². The molecule has 1 rings (SSSR count). The summed E-state index contributed by atoms with van der Waals surface area (Å²) in [6.45, 7) is 0. The maximum Gasteiger partial charge on any atom is 0.327 e. The van der Waals surface area contributed by atoms with E-state index in [4.69, 9.17) is 5.11 Å². The fourth-order valence-electron chi connectivity index (χ4n) is 0.347. The molecule has 1 atom stereocenters. The predicted molar refractivity (Wildman–Crippen MR) is 30.2 cm³/mol. The van der Waals surface area contributed by atoms with Crippen molar-refractivity contribution >= 4 is 0 Å². The topological polar surface area (TPSA) is 24.6 Å². The Kier molecular flexibility index (Phi) is 1.32. The van der Waals surface area contributed by atoms with Gasteiger partial charge in [-0.3, -0.25) is 0 Å². The van der Waals surface area contributed by atoms with Gasteiger partial charge >= 0.3 is 12.3 Å². The van der Waals surface area contributed by atoms with Gasteiger partial charge in [0.05, 0.1) is 6.08 Å². The minimum atomic E-state index is -0.815. The van der Waals surface area contributed by atoms with Gasteiger partial charge in [-0.25, -0.2) is 0 Å². The molecule has 2 heteroatoms. The number of nitrogens with zero attached hydrogens (tertiary/aromatic N) is 1. The molecule has 0 aromatic rings. The zero-order valence-corrected chi connectivity index (χ0v) is 4.13. The van der Waals surface area contributed by atoms with Crippen LogP contribution >= 0.6 is 0 Å². The van der Waals surface area contributed by atoms with Gasteiger partial charge in [0.25, 0.3) is 0 Å². The highest BCUT2D eigenvalue weighted by atomic mass is 16.3. The highest BCUT2D eigenvalue weighted by Gasteiger charge is 1.99. The van der Waals surface area contributed by atoms with Crippen LogP contribution in [0.25, 0.3) is 4.85 Å². The molecule has 1 aliphatic rings. The Bertz CT molecular complexity index is 196. The normalized spacial score (nSPS) is 21.9. The molecule has 2 nitrogen and oxygen atoms in total. The maximum atomic E-state index is 8.67. The molecule has 0 fully saturated rings. The summed E-state index contributed by atoms with van der Waals surface area (Å²) in [7, 11) is 0. The highest BCUT2D eigenvalue weighted by Crippen LogP contribution is 1.83. The molecular formula is C6H4NO+. The molecule has 0 amide bonds. The standard InChI is InChI=1S/C6H4NO/c8-6-3-1-2-4-7-5-6/h2,4,6,8H/q+1. The fraction of sp³-hybridized carbons (Fsp3) is 0.167. The van der Waals surface area contributed by atoms with Gasteiger partial charge in [-0.05, 0) is 10.8 Å². The zero-order valence-electron chi connectivity index (χ0n) is 4.13. The second-order valence-electron chi connectivity index (χ2n) is 1.27. The highest BCUT2D eigenvalue weighted by molar-refractivity contribution is 5.28. The van der Waals surface area contributed by atoms with E-state index in [2.05, 4.69) is 22.8 Å². The van der Waals surface area contributed by atoms with Gasteiger partial charge in [-0.1, -0.05) is 5.92 Å². The molecule has 8 heavy (non-hydrogen) atoms. The Morgan fingerprint density at radius 3 is 3.38 bits per heavy atom. The third-order valence-electron chi connectivity index (χ3n) is 0.649. The zero-order chi connectivity index (χ0) is 5.82. The van der Waals surface area contributed by atoms with Gasteiger partial charge in [0.15, 0.2) is 0 Å². The van der Waals surface area contributed by atoms with Gasteiger partial charge in [0, 0.05) is 0 Å². The van der Waals surface area contributed by atoms with Crippen LogP contribution in [0.3, 0.4) is 0 Å². The van der Waals surface area contributed by atoms with E-state index in [1.54, 1.807) is 6.08 Å². The van der Waals surface area contributed by atoms with Crippen molar-refractivity contribution in [2.75, 3.05) is 0 Å². The Morgan fingerprint density at radius 1 is 1.62 bits per heavy atom. The summed E-state index contributed by atoms with van der Waals surface area (Å²) in [6.07, 6.45) is 2.23. The Balaban J connectivity index is 2.81. The lowest BCUT2D eigenvalue weighted by molar-refractivity contribution is 0.289. The molecule has 0 saturated carbocycles. The van der Waals surface area contributed by atoms with Crippen LogP contribution in [-0.2, 0) is 0 Å². The summed E-state index contributed by atoms with van der Waals surface area (Å²) in [4.78, 5) is 3.55. The summed E-state index contributed by atoms with van der Waals surface area (Å²) in [5, 5.41) is 8.67. The Morgan fingerprint density at radius 2 is 2.50 bits per heavy atom. The van der Waals surface area contributed by atoms with Crippen LogP contribution in [0, 0.1) is 17.9 Å². The van der Waals surface area contributed by atoms with Gasteiger partial charge < -0.3 is 5.11 Å². The van der Waals surface area contributed by atoms with Crippen LogP contribution in [0.15, 0.2) is 12.3 Å². The van der Waals surface area contributed by atoms with Crippen LogP contribution in [0.2, 0.25) is 0 Å². The SMILES string of the molecule is OC1C#CC=C[N+]#C1. The molecule has 1 aliphatic heterocycles. The van der Waals surface area contributed by atoms with Gasteiger partial charge in [0.1, 0.15) is 0 Å². The first kappa shape index (κ1) is 4.90. The van der Waals surface area contributed by atoms with Crippen LogP contribution in [0.4, 0.5) is 0 Å². The Labute approximate surface area is 47.3 Å². The average Bonchev–Trinajstić information content (AvgIpc) is 1.94. The third-order valence-corrected chi connectivity index (χ3v) is 0.649. The largest absolute Gasteiger partial charge is 0.365 e. The second-order valence-corrected chi connectivity index (χ2v) is 1.27. The molecule has 0 radical (unpaired) electrons. The molecule has 0 aliphatic carbocycles. The first-order valence-corrected chi connectivity index (χ1v) is 2.19. The van der Waals surface area contributed by atoms with Crippen molar-refractivity contribution in [2.45, 2.75) is 6.10 Å². The van der Waals surface area contributed by atoms with Crippen LogP contribution in [0.1, 0.15) is 0 Å². The molecule has 38 valence electrons. The van der Waals surface area contributed by atoms with Crippen molar-refractivity contribution < 1.29 is 5.11 Å².